The average molecular weight is 524 g/mol. The summed E-state index contributed by atoms with van der Waals surface area (Å²) in [5.41, 5.74) is 2.81. The quantitative estimate of drug-likeness (QED) is 0.448. The molecule has 1 aliphatic heterocycles. The first kappa shape index (κ1) is 25.4. The largest absolute Gasteiger partial charge is 0.483 e. The molecule has 0 spiro atoms. The summed E-state index contributed by atoms with van der Waals surface area (Å²) in [4.78, 5) is 19.7. The van der Waals surface area contributed by atoms with Crippen molar-refractivity contribution < 1.29 is 13.2 Å². The fourth-order valence-electron chi connectivity index (χ4n) is 4.94. The van der Waals surface area contributed by atoms with Crippen LogP contribution in [-0.2, 0) is 22.2 Å². The van der Waals surface area contributed by atoms with Crippen molar-refractivity contribution in [1.82, 2.24) is 19.1 Å². The molecule has 9 nitrogen and oxygen atoms in total. The minimum Gasteiger partial charge on any atom is -0.483 e. The molecule has 0 amide bonds. The Kier molecular flexibility index (Phi) is 7.30. The second-order valence-corrected chi connectivity index (χ2v) is 11.9. The van der Waals surface area contributed by atoms with Crippen molar-refractivity contribution in [3.8, 4) is 11.4 Å². The molecule has 10 heteroatoms. The monoisotopic (exact) mass is 523 g/mol. The predicted molar refractivity (Wildman–Crippen MR) is 143 cm³/mol. The van der Waals surface area contributed by atoms with Crippen LogP contribution in [-0.4, -0.2) is 59.8 Å². The van der Waals surface area contributed by atoms with Crippen molar-refractivity contribution in [1.29, 1.82) is 0 Å². The van der Waals surface area contributed by atoms with Gasteiger partial charge in [0.05, 0.1) is 23.7 Å². The number of hydrogen-bond acceptors (Lipinski definition) is 7. The van der Waals surface area contributed by atoms with Gasteiger partial charge in [-0.25, -0.2) is 8.42 Å². The number of benzene rings is 1. The van der Waals surface area contributed by atoms with Crippen LogP contribution in [0.4, 0.5) is 5.69 Å². The number of piperazine rings is 1. The van der Waals surface area contributed by atoms with Gasteiger partial charge in [-0.3, -0.25) is 9.78 Å². The average Bonchev–Trinajstić information content (AvgIpc) is 2.89. The highest BCUT2D eigenvalue weighted by Crippen LogP contribution is 2.34. The van der Waals surface area contributed by atoms with Gasteiger partial charge >= 0.3 is 5.56 Å². The number of hydrogen-bond donors (Lipinski definition) is 0. The molecule has 3 aromatic rings. The van der Waals surface area contributed by atoms with E-state index in [1.165, 1.54) is 8.99 Å². The number of pyridine rings is 1. The van der Waals surface area contributed by atoms with Gasteiger partial charge in [0, 0.05) is 38.6 Å². The summed E-state index contributed by atoms with van der Waals surface area (Å²) < 4.78 is 35.2. The van der Waals surface area contributed by atoms with Crippen molar-refractivity contribution in [3.63, 3.8) is 0 Å². The zero-order valence-corrected chi connectivity index (χ0v) is 22.1. The van der Waals surface area contributed by atoms with Crippen LogP contribution in [0.2, 0.25) is 0 Å². The summed E-state index contributed by atoms with van der Waals surface area (Å²) >= 11 is 0. The van der Waals surface area contributed by atoms with Gasteiger partial charge in [0.15, 0.2) is 0 Å². The van der Waals surface area contributed by atoms with E-state index < -0.39 is 10.0 Å². The molecule has 0 unspecified atom stereocenters. The lowest BCUT2D eigenvalue weighted by Gasteiger charge is -2.37. The first-order chi connectivity index (χ1) is 17.8. The molecule has 1 saturated carbocycles. The van der Waals surface area contributed by atoms with E-state index in [9.17, 15) is 13.2 Å². The van der Waals surface area contributed by atoms with Crippen LogP contribution in [0.3, 0.4) is 0 Å². The highest BCUT2D eigenvalue weighted by atomic mass is 32.2. The van der Waals surface area contributed by atoms with Gasteiger partial charge in [-0.15, -0.1) is 0 Å². The van der Waals surface area contributed by atoms with Crippen molar-refractivity contribution in [2.24, 2.45) is 5.92 Å². The number of sulfonamides is 1. The third-order valence-corrected chi connectivity index (χ3v) is 8.99. The first-order valence-corrected chi connectivity index (χ1v) is 14.4. The zero-order valence-electron chi connectivity index (χ0n) is 21.3. The van der Waals surface area contributed by atoms with Gasteiger partial charge in [-0.1, -0.05) is 32.0 Å². The molecule has 5 rings (SSSR count). The molecule has 1 saturated heterocycles. The fraction of sp³-hybridized carbons (Fsp3) is 0.444. The Morgan fingerprint density at radius 3 is 2.46 bits per heavy atom. The molecule has 3 heterocycles. The lowest BCUT2D eigenvalue weighted by atomic mass is 9.84. The Morgan fingerprint density at radius 2 is 1.78 bits per heavy atom. The number of ether oxygens (including phenoxy) is 1. The third-order valence-electron chi connectivity index (χ3n) is 7.14. The van der Waals surface area contributed by atoms with Gasteiger partial charge in [-0.2, -0.15) is 14.1 Å². The van der Waals surface area contributed by atoms with E-state index in [4.69, 9.17) is 4.74 Å². The Hall–Kier alpha value is -3.24. The summed E-state index contributed by atoms with van der Waals surface area (Å²) in [6, 6.07) is 11.3. The maximum absolute atomic E-state index is 13.7. The van der Waals surface area contributed by atoms with Crippen LogP contribution in [0.5, 0.6) is 5.75 Å². The Balaban J connectivity index is 1.38. The maximum atomic E-state index is 13.7. The minimum atomic E-state index is -3.48. The summed E-state index contributed by atoms with van der Waals surface area (Å²) in [6.07, 6.45) is 7.56. The maximum Gasteiger partial charge on any atom is 0.316 e. The molecular formula is C27H33N5O4S. The van der Waals surface area contributed by atoms with E-state index in [-0.39, 0.29) is 17.4 Å². The van der Waals surface area contributed by atoms with Crippen LogP contribution in [0, 0.1) is 5.92 Å². The Bertz CT molecular complexity index is 1400. The summed E-state index contributed by atoms with van der Waals surface area (Å²) in [5, 5.41) is 4.49. The smallest absolute Gasteiger partial charge is 0.316 e. The molecule has 1 aliphatic carbocycles. The minimum absolute atomic E-state index is 0.000393. The summed E-state index contributed by atoms with van der Waals surface area (Å²) in [6.45, 7) is 5.78. The summed E-state index contributed by atoms with van der Waals surface area (Å²) in [5.74, 6) is 0.788. The van der Waals surface area contributed by atoms with Crippen molar-refractivity contribution in [2.75, 3.05) is 31.1 Å². The van der Waals surface area contributed by atoms with Crippen molar-refractivity contribution in [3.05, 3.63) is 76.5 Å². The normalized spacial score (nSPS) is 20.4. The second-order valence-electron chi connectivity index (χ2n) is 9.92. The second kappa shape index (κ2) is 10.6. The highest BCUT2D eigenvalue weighted by Gasteiger charge is 2.32. The van der Waals surface area contributed by atoms with Crippen molar-refractivity contribution >= 4 is 15.7 Å². The lowest BCUT2D eigenvalue weighted by Crippen LogP contribution is -2.49. The molecule has 2 aliphatic rings. The highest BCUT2D eigenvalue weighted by molar-refractivity contribution is 7.88. The van der Waals surface area contributed by atoms with Crippen LogP contribution in [0.25, 0.3) is 5.69 Å². The van der Waals surface area contributed by atoms with Crippen LogP contribution in [0.15, 0.2) is 59.8 Å². The standard InChI is InChI=1S/C27H33N5O4S/c1-3-21-6-4-8-23(16-21)32-27(33)26(36-24-14-20(2)15-24)25(18-29-32)30-10-12-31(13-11-30)37(34,35)19-22-7-5-9-28-17-22/h4-9,16-18,20,24H,3,10-15,19H2,1-2H3. The van der Waals surface area contributed by atoms with E-state index in [2.05, 4.69) is 23.9 Å². The number of aromatic nitrogens is 3. The number of nitrogens with zero attached hydrogens (tertiary/aromatic N) is 5. The predicted octanol–water partition coefficient (Wildman–Crippen LogP) is 3.02. The first-order valence-electron chi connectivity index (χ1n) is 12.8. The molecule has 0 radical (unpaired) electrons. The van der Waals surface area contributed by atoms with Gasteiger partial charge in [0.1, 0.15) is 5.69 Å². The SMILES string of the molecule is CCc1cccc(-n2ncc(N3CCN(S(=O)(=O)Cc4cccnc4)CC3)c(OC3CC(C)C3)c2=O)c1. The van der Waals surface area contributed by atoms with Gasteiger partial charge in [0.25, 0.3) is 0 Å². The van der Waals surface area contributed by atoms with E-state index in [0.29, 0.717) is 54.8 Å². The van der Waals surface area contributed by atoms with Crippen LogP contribution in [0.1, 0.15) is 37.8 Å². The topological polar surface area (TPSA) is 97.6 Å². The van der Waals surface area contributed by atoms with Gasteiger partial charge in [-0.05, 0) is 54.5 Å². The van der Waals surface area contributed by atoms with Gasteiger partial charge < -0.3 is 9.64 Å². The van der Waals surface area contributed by atoms with Crippen LogP contribution >= 0.6 is 0 Å². The van der Waals surface area contributed by atoms with E-state index in [1.54, 1.807) is 30.7 Å². The number of aryl methyl sites for hydroxylation is 1. The molecule has 37 heavy (non-hydrogen) atoms. The number of rotatable bonds is 8. The lowest BCUT2D eigenvalue weighted by molar-refractivity contribution is 0.0722. The van der Waals surface area contributed by atoms with Crippen LogP contribution < -0.4 is 15.2 Å². The molecular weight excluding hydrogens is 490 g/mol. The molecule has 2 aromatic heterocycles. The van der Waals surface area contributed by atoms with Gasteiger partial charge in [0.2, 0.25) is 15.8 Å². The van der Waals surface area contributed by atoms with Crippen molar-refractivity contribution in [2.45, 2.75) is 45.0 Å². The van der Waals surface area contributed by atoms with E-state index >= 15 is 0 Å². The molecule has 2 fully saturated rings. The molecule has 1 aromatic carbocycles. The molecule has 0 N–H and O–H groups in total. The zero-order chi connectivity index (χ0) is 26.0. The Morgan fingerprint density at radius 1 is 1.03 bits per heavy atom. The number of anilines is 1. The molecule has 0 bridgehead atoms. The fourth-order valence-corrected chi connectivity index (χ4v) is 6.44. The molecule has 196 valence electrons. The third kappa shape index (κ3) is 5.55. The molecule has 0 atom stereocenters. The summed E-state index contributed by atoms with van der Waals surface area (Å²) in [7, 11) is -3.48. The van der Waals surface area contributed by atoms with E-state index in [1.807, 2.05) is 29.2 Å². The van der Waals surface area contributed by atoms with E-state index in [0.717, 1.165) is 24.8 Å². The Labute approximate surface area is 217 Å².